The summed E-state index contributed by atoms with van der Waals surface area (Å²) in [5, 5.41) is 15.7. The monoisotopic (exact) mass is 446 g/mol. The van der Waals surface area contributed by atoms with Crippen molar-refractivity contribution in [2.75, 3.05) is 13.2 Å². The molecule has 2 atom stereocenters. The van der Waals surface area contributed by atoms with Crippen LogP contribution in [-0.4, -0.2) is 41.5 Å². The van der Waals surface area contributed by atoms with Crippen molar-refractivity contribution in [3.8, 4) is 0 Å². The maximum absolute atomic E-state index is 14.0. The number of Topliss-reactive ketones (excluding diaryl/α,β-unsaturated/α-hetero) is 1. The van der Waals surface area contributed by atoms with Gasteiger partial charge in [-0.15, -0.1) is 0 Å². The summed E-state index contributed by atoms with van der Waals surface area (Å²) in [6, 6.07) is 9.30. The minimum absolute atomic E-state index is 0.0226. The Morgan fingerprint density at radius 1 is 1.19 bits per heavy atom. The van der Waals surface area contributed by atoms with E-state index in [0.717, 1.165) is 12.1 Å². The molecule has 1 fully saturated rings. The summed E-state index contributed by atoms with van der Waals surface area (Å²) in [5.74, 6) is -3.96. The van der Waals surface area contributed by atoms with Crippen molar-refractivity contribution in [1.82, 2.24) is 10.6 Å². The second-order valence-electron chi connectivity index (χ2n) is 8.10. The van der Waals surface area contributed by atoms with E-state index in [-0.39, 0.29) is 24.5 Å². The van der Waals surface area contributed by atoms with Gasteiger partial charge in [0.25, 0.3) is 5.91 Å². The predicted octanol–water partition coefficient (Wildman–Crippen LogP) is 2.14. The molecule has 2 aromatic carbocycles. The minimum Gasteiger partial charge on any atom is -0.387 e. The van der Waals surface area contributed by atoms with Crippen molar-refractivity contribution in [3.05, 3.63) is 70.8 Å². The van der Waals surface area contributed by atoms with Crippen LogP contribution in [0.1, 0.15) is 48.4 Å². The number of hydrogen-bond donors (Lipinski definition) is 3. The van der Waals surface area contributed by atoms with Crippen LogP contribution in [0.5, 0.6) is 0 Å². The van der Waals surface area contributed by atoms with Gasteiger partial charge in [-0.25, -0.2) is 8.78 Å². The Balaban J connectivity index is 1.96. The molecular formula is C23H24F2N2O5. The van der Waals surface area contributed by atoms with E-state index >= 15 is 0 Å². The van der Waals surface area contributed by atoms with Gasteiger partial charge >= 0.3 is 0 Å². The van der Waals surface area contributed by atoms with Crippen LogP contribution in [0.4, 0.5) is 8.78 Å². The summed E-state index contributed by atoms with van der Waals surface area (Å²) in [6.07, 6.45) is -1.23. The van der Waals surface area contributed by atoms with Gasteiger partial charge in [-0.3, -0.25) is 14.4 Å². The molecule has 1 heterocycles. The van der Waals surface area contributed by atoms with Crippen LogP contribution in [-0.2, 0) is 19.9 Å². The molecule has 0 saturated carbocycles. The summed E-state index contributed by atoms with van der Waals surface area (Å²) in [5.41, 5.74) is -2.65. The number of hydrogen-bond acceptors (Lipinski definition) is 5. The van der Waals surface area contributed by atoms with Crippen LogP contribution in [0.2, 0.25) is 0 Å². The summed E-state index contributed by atoms with van der Waals surface area (Å²) in [7, 11) is 0. The lowest BCUT2D eigenvalue weighted by Crippen LogP contribution is -2.71. The molecule has 32 heavy (non-hydrogen) atoms. The van der Waals surface area contributed by atoms with Gasteiger partial charge in [-0.2, -0.15) is 0 Å². The Bertz CT molecular complexity index is 1070. The smallest absolute Gasteiger partial charge is 0.253 e. The first kappa shape index (κ1) is 23.5. The molecule has 2 amide bonds. The highest BCUT2D eigenvalue weighted by Crippen LogP contribution is 2.39. The summed E-state index contributed by atoms with van der Waals surface area (Å²) in [4.78, 5) is 37.5. The van der Waals surface area contributed by atoms with Crippen LogP contribution in [0, 0.1) is 11.6 Å². The number of rotatable bonds is 6. The first-order valence-corrected chi connectivity index (χ1v) is 9.96. The maximum Gasteiger partial charge on any atom is 0.253 e. The fourth-order valence-corrected chi connectivity index (χ4v) is 3.90. The third-order valence-corrected chi connectivity index (χ3v) is 5.64. The number of nitrogens with one attached hydrogen (secondary N) is 2. The molecule has 1 saturated heterocycles. The lowest BCUT2D eigenvalue weighted by molar-refractivity contribution is -0.171. The van der Waals surface area contributed by atoms with E-state index in [2.05, 4.69) is 10.6 Å². The SMILES string of the molecule is CC(=O)c1ccccc1[C@H](O)CNC(=O)C1(c2ccc(F)c(F)c2)NC(=O)COC1(C)C. The number of benzene rings is 2. The molecule has 1 aliphatic rings. The molecular weight excluding hydrogens is 422 g/mol. The number of aliphatic hydroxyl groups excluding tert-OH is 1. The molecule has 0 aliphatic carbocycles. The lowest BCUT2D eigenvalue weighted by atomic mass is 9.74. The van der Waals surface area contributed by atoms with E-state index in [1.807, 2.05) is 0 Å². The first-order valence-electron chi connectivity index (χ1n) is 9.96. The van der Waals surface area contributed by atoms with E-state index in [9.17, 15) is 28.3 Å². The molecule has 0 spiro atoms. The number of carbonyl (C=O) groups is 3. The second kappa shape index (κ2) is 8.76. The van der Waals surface area contributed by atoms with Gasteiger partial charge < -0.3 is 20.5 Å². The molecule has 0 aromatic heterocycles. The minimum atomic E-state index is -1.91. The van der Waals surface area contributed by atoms with Crippen molar-refractivity contribution in [3.63, 3.8) is 0 Å². The molecule has 3 N–H and O–H groups in total. The van der Waals surface area contributed by atoms with Gasteiger partial charge in [0.15, 0.2) is 23.0 Å². The highest BCUT2D eigenvalue weighted by molar-refractivity contribution is 5.96. The molecule has 2 aromatic rings. The summed E-state index contributed by atoms with van der Waals surface area (Å²) in [6.45, 7) is 3.81. The highest BCUT2D eigenvalue weighted by atomic mass is 19.2. The predicted molar refractivity (Wildman–Crippen MR) is 111 cm³/mol. The third kappa shape index (κ3) is 4.13. The number of ketones is 1. The van der Waals surface area contributed by atoms with E-state index in [1.54, 1.807) is 24.3 Å². The van der Waals surface area contributed by atoms with Gasteiger partial charge in [-0.05, 0) is 44.0 Å². The number of amides is 2. The average Bonchev–Trinajstić information content (AvgIpc) is 2.75. The van der Waals surface area contributed by atoms with E-state index in [4.69, 9.17) is 4.74 Å². The zero-order valence-corrected chi connectivity index (χ0v) is 17.9. The van der Waals surface area contributed by atoms with Gasteiger partial charge in [0.2, 0.25) is 5.91 Å². The van der Waals surface area contributed by atoms with E-state index in [1.165, 1.54) is 26.8 Å². The van der Waals surface area contributed by atoms with Gasteiger partial charge in [0.05, 0.1) is 11.7 Å². The van der Waals surface area contributed by atoms with Crippen LogP contribution in [0.3, 0.4) is 0 Å². The van der Waals surface area contributed by atoms with Crippen molar-refractivity contribution in [1.29, 1.82) is 0 Å². The molecule has 170 valence electrons. The Kier molecular flexibility index (Phi) is 6.43. The number of ether oxygens (including phenoxy) is 1. The van der Waals surface area contributed by atoms with Crippen LogP contribution < -0.4 is 10.6 Å². The molecule has 9 heteroatoms. The number of morpholine rings is 1. The fraction of sp³-hybridized carbons (Fsp3) is 0.348. The van der Waals surface area contributed by atoms with E-state index < -0.39 is 40.7 Å². The Hall–Kier alpha value is -3.17. The number of halogens is 2. The van der Waals surface area contributed by atoms with Crippen molar-refractivity contribution < 1.29 is 33.0 Å². The Morgan fingerprint density at radius 3 is 2.53 bits per heavy atom. The van der Waals surface area contributed by atoms with E-state index in [0.29, 0.717) is 11.1 Å². The molecule has 0 radical (unpaired) electrons. The van der Waals surface area contributed by atoms with Crippen LogP contribution >= 0.6 is 0 Å². The Morgan fingerprint density at radius 2 is 1.88 bits per heavy atom. The fourth-order valence-electron chi connectivity index (χ4n) is 3.90. The van der Waals surface area contributed by atoms with Gasteiger partial charge in [0.1, 0.15) is 6.61 Å². The summed E-state index contributed by atoms with van der Waals surface area (Å²) >= 11 is 0. The first-order chi connectivity index (χ1) is 15.0. The van der Waals surface area contributed by atoms with Gasteiger partial charge in [-0.1, -0.05) is 30.3 Å². The second-order valence-corrected chi connectivity index (χ2v) is 8.10. The average molecular weight is 446 g/mol. The molecule has 7 nitrogen and oxygen atoms in total. The Labute approximate surface area is 183 Å². The topological polar surface area (TPSA) is 105 Å². The zero-order chi connectivity index (χ0) is 23.7. The number of aliphatic hydroxyl groups is 1. The quantitative estimate of drug-likeness (QED) is 0.590. The normalized spacial score (nSPS) is 20.9. The zero-order valence-electron chi connectivity index (χ0n) is 17.9. The standard InChI is InChI=1S/C23H24F2N2O5/c1-13(28)15-6-4-5-7-16(15)19(29)11-26-21(31)23(14-8-9-17(24)18(25)10-14)22(2,3)32-12-20(30)27-23/h4-10,19,29H,11-12H2,1-3H3,(H,26,31)(H,27,30)/t19-,23?/m1/s1. The molecule has 1 unspecified atom stereocenters. The molecule has 1 aliphatic heterocycles. The van der Waals surface area contributed by atoms with Crippen LogP contribution in [0.25, 0.3) is 0 Å². The van der Waals surface area contributed by atoms with Crippen molar-refractivity contribution in [2.45, 2.75) is 38.0 Å². The lowest BCUT2D eigenvalue weighted by Gasteiger charge is -2.48. The van der Waals surface area contributed by atoms with Crippen LogP contribution in [0.15, 0.2) is 42.5 Å². The van der Waals surface area contributed by atoms with Gasteiger partial charge in [0, 0.05) is 12.1 Å². The maximum atomic E-state index is 14.0. The highest BCUT2D eigenvalue weighted by Gasteiger charge is 2.57. The van der Waals surface area contributed by atoms with Crippen molar-refractivity contribution in [2.24, 2.45) is 0 Å². The third-order valence-electron chi connectivity index (χ3n) is 5.64. The largest absolute Gasteiger partial charge is 0.387 e. The molecule has 3 rings (SSSR count). The molecule has 0 bridgehead atoms. The van der Waals surface area contributed by atoms with Crippen molar-refractivity contribution >= 4 is 17.6 Å². The summed E-state index contributed by atoms with van der Waals surface area (Å²) < 4.78 is 33.2. The number of carbonyl (C=O) groups excluding carboxylic acids is 3.